The summed E-state index contributed by atoms with van der Waals surface area (Å²) in [7, 11) is 0. The number of nitrogens with one attached hydrogen (secondary N) is 1. The van der Waals surface area contributed by atoms with Crippen molar-refractivity contribution in [3.05, 3.63) is 35.9 Å². The Morgan fingerprint density at radius 2 is 2.17 bits per heavy atom. The Hall–Kier alpha value is -0.470. The van der Waals surface area contributed by atoms with E-state index in [1.807, 2.05) is 11.8 Å². The lowest BCUT2D eigenvalue weighted by atomic mass is 10.1. The van der Waals surface area contributed by atoms with Crippen molar-refractivity contribution in [2.45, 2.75) is 12.5 Å². The van der Waals surface area contributed by atoms with Crippen LogP contribution in [-0.2, 0) is 6.42 Å². The van der Waals surface area contributed by atoms with Gasteiger partial charge in [-0.1, -0.05) is 30.3 Å². The fourth-order valence-electron chi connectivity index (χ4n) is 1.47. The quantitative estimate of drug-likeness (QED) is 0.744. The highest BCUT2D eigenvalue weighted by Crippen LogP contribution is 2.13. The lowest BCUT2D eigenvalue weighted by Crippen LogP contribution is -2.25. The van der Waals surface area contributed by atoms with Crippen LogP contribution in [0, 0.1) is 0 Å². The first-order valence-electron chi connectivity index (χ1n) is 4.30. The van der Waals surface area contributed by atoms with Gasteiger partial charge in [-0.05, 0) is 12.0 Å². The number of thioether (sulfide) groups is 1. The first-order valence-corrected chi connectivity index (χ1v) is 5.46. The largest absolute Gasteiger partial charge is 0.304 e. The summed E-state index contributed by atoms with van der Waals surface area (Å²) in [5.41, 5.74) is 1.44. The van der Waals surface area contributed by atoms with Gasteiger partial charge in [0.1, 0.15) is 0 Å². The van der Waals surface area contributed by atoms with Crippen LogP contribution in [0.2, 0.25) is 0 Å². The van der Waals surface area contributed by atoms with E-state index in [0.717, 1.165) is 5.88 Å². The topological polar surface area (TPSA) is 12.0 Å². The molecule has 0 aromatic heterocycles. The minimum absolute atomic E-state index is 0.692. The molecule has 0 unspecified atom stereocenters. The Morgan fingerprint density at radius 3 is 2.83 bits per heavy atom. The summed E-state index contributed by atoms with van der Waals surface area (Å²) in [5, 5.41) is 3.47. The molecule has 0 aliphatic carbocycles. The third-order valence-corrected chi connectivity index (χ3v) is 3.13. The van der Waals surface area contributed by atoms with Crippen molar-refractivity contribution in [2.24, 2.45) is 0 Å². The minimum Gasteiger partial charge on any atom is -0.304 e. The molecule has 2 rings (SSSR count). The third kappa shape index (κ3) is 2.02. The van der Waals surface area contributed by atoms with Crippen LogP contribution in [0.25, 0.3) is 0 Å². The summed E-state index contributed by atoms with van der Waals surface area (Å²) in [6.45, 7) is 0. The van der Waals surface area contributed by atoms with Crippen LogP contribution in [-0.4, -0.2) is 17.7 Å². The predicted molar refractivity (Wildman–Crippen MR) is 54.4 cm³/mol. The van der Waals surface area contributed by atoms with Gasteiger partial charge in [0.2, 0.25) is 0 Å². The first-order chi connectivity index (χ1) is 5.95. The van der Waals surface area contributed by atoms with E-state index >= 15 is 0 Å². The number of benzene rings is 1. The second kappa shape index (κ2) is 3.97. The molecule has 1 fully saturated rings. The zero-order chi connectivity index (χ0) is 8.23. The highest BCUT2D eigenvalue weighted by molar-refractivity contribution is 7.99. The highest BCUT2D eigenvalue weighted by atomic mass is 32.2. The lowest BCUT2D eigenvalue weighted by molar-refractivity contribution is 0.630. The van der Waals surface area contributed by atoms with Crippen LogP contribution in [0.4, 0.5) is 0 Å². The maximum absolute atomic E-state index is 3.47. The van der Waals surface area contributed by atoms with Crippen molar-refractivity contribution in [3.8, 4) is 0 Å². The van der Waals surface area contributed by atoms with Gasteiger partial charge < -0.3 is 5.32 Å². The van der Waals surface area contributed by atoms with E-state index in [9.17, 15) is 0 Å². The maximum Gasteiger partial charge on any atom is 0.0420 e. The molecule has 0 amide bonds. The lowest BCUT2D eigenvalue weighted by Gasteiger charge is -2.08. The molecule has 1 N–H and O–H groups in total. The second-order valence-electron chi connectivity index (χ2n) is 3.11. The summed E-state index contributed by atoms with van der Waals surface area (Å²) < 4.78 is 0. The number of hydrogen-bond acceptors (Lipinski definition) is 2. The number of rotatable bonds is 2. The Bertz CT molecular complexity index is 229. The van der Waals surface area contributed by atoms with Gasteiger partial charge in [-0.3, -0.25) is 0 Å². The summed E-state index contributed by atoms with van der Waals surface area (Å²) in [4.78, 5) is 0. The molecule has 0 bridgehead atoms. The Balaban J connectivity index is 1.94. The monoisotopic (exact) mass is 179 g/mol. The molecule has 1 aromatic rings. The molecular weight excluding hydrogens is 166 g/mol. The Morgan fingerprint density at radius 1 is 1.33 bits per heavy atom. The van der Waals surface area contributed by atoms with Gasteiger partial charge in [0.15, 0.2) is 0 Å². The van der Waals surface area contributed by atoms with Crippen molar-refractivity contribution in [2.75, 3.05) is 11.6 Å². The Labute approximate surface area is 77.6 Å². The average Bonchev–Trinajstić information content (AvgIpc) is 2.59. The van der Waals surface area contributed by atoms with Crippen molar-refractivity contribution in [1.29, 1.82) is 0 Å². The van der Waals surface area contributed by atoms with Crippen LogP contribution < -0.4 is 5.32 Å². The molecule has 1 aliphatic rings. The van der Waals surface area contributed by atoms with Crippen molar-refractivity contribution in [3.63, 3.8) is 0 Å². The van der Waals surface area contributed by atoms with Gasteiger partial charge in [0.25, 0.3) is 0 Å². The molecule has 1 heterocycles. The van der Waals surface area contributed by atoms with Crippen molar-refractivity contribution < 1.29 is 0 Å². The van der Waals surface area contributed by atoms with E-state index in [0.29, 0.717) is 6.04 Å². The molecule has 1 aromatic carbocycles. The van der Waals surface area contributed by atoms with Gasteiger partial charge in [-0.2, -0.15) is 0 Å². The smallest absolute Gasteiger partial charge is 0.0420 e. The van der Waals surface area contributed by atoms with E-state index in [2.05, 4.69) is 35.6 Å². The maximum atomic E-state index is 3.47. The molecule has 0 radical (unpaired) electrons. The van der Waals surface area contributed by atoms with E-state index in [4.69, 9.17) is 0 Å². The minimum atomic E-state index is 0.692. The van der Waals surface area contributed by atoms with Gasteiger partial charge in [-0.15, -0.1) is 11.8 Å². The van der Waals surface area contributed by atoms with Crippen molar-refractivity contribution in [1.82, 2.24) is 5.32 Å². The summed E-state index contributed by atoms with van der Waals surface area (Å²) in [6, 6.07) is 11.4. The molecule has 12 heavy (non-hydrogen) atoms. The highest BCUT2D eigenvalue weighted by Gasteiger charge is 2.13. The molecular formula is C10H13NS. The molecule has 1 nitrogen and oxygen atoms in total. The van der Waals surface area contributed by atoms with Crippen LogP contribution >= 0.6 is 11.8 Å². The molecule has 1 atom stereocenters. The van der Waals surface area contributed by atoms with Crippen LogP contribution in [0.15, 0.2) is 30.3 Å². The SMILES string of the molecule is c1ccc(C[C@H]2CSCN2)cc1. The van der Waals surface area contributed by atoms with E-state index in [1.165, 1.54) is 17.7 Å². The van der Waals surface area contributed by atoms with E-state index < -0.39 is 0 Å². The molecule has 0 saturated carbocycles. The third-order valence-electron chi connectivity index (χ3n) is 2.12. The molecule has 1 saturated heterocycles. The van der Waals surface area contributed by atoms with Gasteiger partial charge in [0, 0.05) is 17.7 Å². The Kier molecular flexibility index (Phi) is 2.69. The summed E-state index contributed by atoms with van der Waals surface area (Å²) in [6.07, 6.45) is 1.17. The van der Waals surface area contributed by atoms with Crippen molar-refractivity contribution >= 4 is 11.8 Å². The average molecular weight is 179 g/mol. The zero-order valence-electron chi connectivity index (χ0n) is 6.99. The second-order valence-corrected chi connectivity index (χ2v) is 4.14. The molecule has 0 spiro atoms. The molecule has 64 valence electrons. The van der Waals surface area contributed by atoms with Crippen LogP contribution in [0.5, 0.6) is 0 Å². The van der Waals surface area contributed by atoms with Gasteiger partial charge in [0.05, 0.1) is 0 Å². The van der Waals surface area contributed by atoms with Crippen LogP contribution in [0.3, 0.4) is 0 Å². The number of hydrogen-bond donors (Lipinski definition) is 1. The van der Waals surface area contributed by atoms with Gasteiger partial charge in [-0.25, -0.2) is 0 Å². The fourth-order valence-corrected chi connectivity index (χ4v) is 2.46. The molecule has 1 aliphatic heterocycles. The summed E-state index contributed by atoms with van der Waals surface area (Å²) in [5.74, 6) is 2.38. The summed E-state index contributed by atoms with van der Waals surface area (Å²) >= 11 is 1.99. The first kappa shape index (κ1) is 8.14. The standard InChI is InChI=1S/C10H13NS/c1-2-4-9(5-3-1)6-10-7-12-8-11-10/h1-5,10-11H,6-8H2/t10-/m0/s1. The molecule has 2 heteroatoms. The van der Waals surface area contributed by atoms with Crippen LogP contribution in [0.1, 0.15) is 5.56 Å². The van der Waals surface area contributed by atoms with E-state index in [1.54, 1.807) is 0 Å². The predicted octanol–water partition coefficient (Wildman–Crippen LogP) is 1.89. The van der Waals surface area contributed by atoms with E-state index in [-0.39, 0.29) is 0 Å². The fraction of sp³-hybridized carbons (Fsp3) is 0.400. The normalized spacial score (nSPS) is 22.8. The zero-order valence-corrected chi connectivity index (χ0v) is 7.81. The van der Waals surface area contributed by atoms with Gasteiger partial charge >= 0.3 is 0 Å².